The highest BCUT2D eigenvalue weighted by Gasteiger charge is 2.27. The van der Waals surface area contributed by atoms with Gasteiger partial charge in [-0.15, -0.1) is 0 Å². The van der Waals surface area contributed by atoms with Crippen LogP contribution in [-0.4, -0.2) is 16.9 Å². The first kappa shape index (κ1) is 18.7. The molecule has 1 saturated heterocycles. The van der Waals surface area contributed by atoms with E-state index < -0.39 is 0 Å². The van der Waals surface area contributed by atoms with Crippen LogP contribution in [0.4, 0.5) is 0 Å². The minimum absolute atomic E-state index is 0.00242. The van der Waals surface area contributed by atoms with E-state index in [9.17, 15) is 9.59 Å². The van der Waals surface area contributed by atoms with E-state index in [4.69, 9.17) is 11.6 Å². The van der Waals surface area contributed by atoms with Crippen LogP contribution in [0.15, 0.2) is 41.2 Å². The fraction of sp³-hybridized carbons (Fsp3) is 0.429. The maximum Gasteiger partial charge on any atom is 0.266 e. The minimum Gasteiger partial charge on any atom is -0.353 e. The molecule has 2 atom stereocenters. The van der Waals surface area contributed by atoms with Crippen molar-refractivity contribution in [2.45, 2.75) is 57.4 Å². The number of amides is 1. The van der Waals surface area contributed by atoms with Crippen molar-refractivity contribution < 1.29 is 4.79 Å². The van der Waals surface area contributed by atoms with Crippen molar-refractivity contribution >= 4 is 17.5 Å². The second-order valence-electron chi connectivity index (χ2n) is 8.05. The van der Waals surface area contributed by atoms with Gasteiger partial charge in [-0.3, -0.25) is 9.59 Å². The lowest BCUT2D eigenvalue weighted by Gasteiger charge is -2.24. The third kappa shape index (κ3) is 4.18. The van der Waals surface area contributed by atoms with E-state index in [1.165, 1.54) is 5.56 Å². The molecule has 2 heterocycles. The number of rotatable bonds is 4. The molecule has 5 heteroatoms. The molecule has 0 radical (unpaired) electrons. The Labute approximate surface area is 159 Å². The molecule has 0 bridgehead atoms. The van der Waals surface area contributed by atoms with Crippen molar-refractivity contribution in [1.29, 1.82) is 0 Å². The highest BCUT2D eigenvalue weighted by atomic mass is 35.5. The number of hydrogen-bond acceptors (Lipinski definition) is 2. The van der Waals surface area contributed by atoms with Gasteiger partial charge in [-0.25, -0.2) is 0 Å². The lowest BCUT2D eigenvalue weighted by molar-refractivity contribution is -0.119. The lowest BCUT2D eigenvalue weighted by atomic mass is 9.83. The van der Waals surface area contributed by atoms with Crippen molar-refractivity contribution in [2.75, 3.05) is 0 Å². The number of nitrogens with one attached hydrogen (secondary N) is 2. The Bertz CT molecular complexity index is 850. The summed E-state index contributed by atoms with van der Waals surface area (Å²) in [6.45, 7) is 6.55. The van der Waals surface area contributed by atoms with Gasteiger partial charge in [0.15, 0.2) is 0 Å². The first-order chi connectivity index (χ1) is 12.2. The van der Waals surface area contributed by atoms with E-state index in [1.54, 1.807) is 6.07 Å². The number of pyridine rings is 1. The van der Waals surface area contributed by atoms with Crippen molar-refractivity contribution in [3.8, 4) is 0 Å². The molecule has 138 valence electrons. The second kappa shape index (κ2) is 7.28. The molecule has 26 heavy (non-hydrogen) atoms. The number of halogens is 1. The third-order valence-corrected chi connectivity index (χ3v) is 5.34. The van der Waals surface area contributed by atoms with E-state index in [1.807, 2.05) is 6.07 Å². The first-order valence-electron chi connectivity index (χ1n) is 9.02. The standard InChI is InChI=1S/C21H25ClN2O2/c1-21(2,3)14-6-4-13(5-7-14)16(12-15-8-11-19(25)23-15)18-10-9-17(22)20(26)24-18/h4-7,9-10,15-16H,8,11-12H2,1-3H3,(H,23,25)(H,24,26)/t15-,16?/m0/s1. The molecule has 1 aromatic heterocycles. The molecule has 1 unspecified atom stereocenters. The molecule has 1 fully saturated rings. The van der Waals surface area contributed by atoms with Crippen molar-refractivity contribution in [1.82, 2.24) is 10.3 Å². The van der Waals surface area contributed by atoms with Crippen LogP contribution in [0.1, 0.15) is 62.8 Å². The molecule has 2 aromatic rings. The zero-order valence-electron chi connectivity index (χ0n) is 15.4. The number of benzene rings is 1. The molecular formula is C21H25ClN2O2. The molecular weight excluding hydrogens is 348 g/mol. The maximum absolute atomic E-state index is 12.0. The van der Waals surface area contributed by atoms with E-state index in [2.05, 4.69) is 55.3 Å². The Hall–Kier alpha value is -2.07. The van der Waals surface area contributed by atoms with Gasteiger partial charge in [0.25, 0.3) is 5.56 Å². The Morgan fingerprint density at radius 1 is 1.12 bits per heavy atom. The molecule has 3 rings (SSSR count). The Morgan fingerprint density at radius 3 is 2.35 bits per heavy atom. The van der Waals surface area contributed by atoms with Crippen LogP contribution < -0.4 is 10.9 Å². The Kier molecular flexibility index (Phi) is 5.24. The highest BCUT2D eigenvalue weighted by molar-refractivity contribution is 6.30. The van der Waals surface area contributed by atoms with Gasteiger partial charge in [-0.1, -0.05) is 56.6 Å². The topological polar surface area (TPSA) is 62.0 Å². The molecule has 2 N–H and O–H groups in total. The number of carbonyl (C=O) groups excluding carboxylic acids is 1. The third-order valence-electron chi connectivity index (χ3n) is 5.04. The fourth-order valence-corrected chi connectivity index (χ4v) is 3.58. The summed E-state index contributed by atoms with van der Waals surface area (Å²) < 4.78 is 0. The number of aromatic nitrogens is 1. The minimum atomic E-state index is -0.282. The number of carbonyl (C=O) groups is 1. The molecule has 0 spiro atoms. The molecule has 1 aliphatic rings. The second-order valence-corrected chi connectivity index (χ2v) is 8.46. The summed E-state index contributed by atoms with van der Waals surface area (Å²) in [5.74, 6) is 0.0961. The quantitative estimate of drug-likeness (QED) is 0.847. The van der Waals surface area contributed by atoms with Gasteiger partial charge in [0.05, 0.1) is 0 Å². The van der Waals surface area contributed by atoms with Crippen LogP contribution in [0.3, 0.4) is 0 Å². The summed E-state index contributed by atoms with van der Waals surface area (Å²) >= 11 is 5.89. The summed E-state index contributed by atoms with van der Waals surface area (Å²) in [7, 11) is 0. The summed E-state index contributed by atoms with van der Waals surface area (Å²) in [4.78, 5) is 26.5. The van der Waals surface area contributed by atoms with Crippen LogP contribution >= 0.6 is 11.6 Å². The largest absolute Gasteiger partial charge is 0.353 e. The normalized spacial score (nSPS) is 18.6. The van der Waals surface area contributed by atoms with E-state index in [0.29, 0.717) is 6.42 Å². The van der Waals surface area contributed by atoms with Gasteiger partial charge in [0.2, 0.25) is 5.91 Å². The first-order valence-corrected chi connectivity index (χ1v) is 9.40. The monoisotopic (exact) mass is 372 g/mol. The SMILES string of the molecule is CC(C)(C)c1ccc(C(C[C@@H]2CCC(=O)N2)c2ccc(Cl)c(=O)[nH]2)cc1. The number of aromatic amines is 1. The number of hydrogen-bond donors (Lipinski definition) is 2. The lowest BCUT2D eigenvalue weighted by Crippen LogP contribution is -2.28. The highest BCUT2D eigenvalue weighted by Crippen LogP contribution is 2.32. The summed E-state index contributed by atoms with van der Waals surface area (Å²) in [6, 6.07) is 12.1. The van der Waals surface area contributed by atoms with Gasteiger partial charge in [0, 0.05) is 24.1 Å². The van der Waals surface area contributed by atoms with Crippen LogP contribution in [0.5, 0.6) is 0 Å². The van der Waals surface area contributed by atoms with Crippen molar-refractivity contribution in [3.63, 3.8) is 0 Å². The Balaban J connectivity index is 1.95. The van der Waals surface area contributed by atoms with Gasteiger partial charge in [-0.2, -0.15) is 0 Å². The average molecular weight is 373 g/mol. The molecule has 0 aliphatic carbocycles. The molecule has 1 aromatic carbocycles. The van der Waals surface area contributed by atoms with Crippen LogP contribution in [0, 0.1) is 0 Å². The predicted octanol–water partition coefficient (Wildman–Crippen LogP) is 4.13. The van der Waals surface area contributed by atoms with Crippen LogP contribution in [0.25, 0.3) is 0 Å². The van der Waals surface area contributed by atoms with Gasteiger partial charge >= 0.3 is 0 Å². The van der Waals surface area contributed by atoms with Crippen LogP contribution in [-0.2, 0) is 10.2 Å². The Morgan fingerprint density at radius 2 is 1.81 bits per heavy atom. The average Bonchev–Trinajstić information content (AvgIpc) is 3.00. The zero-order valence-corrected chi connectivity index (χ0v) is 16.2. The number of H-pyrrole nitrogens is 1. The van der Waals surface area contributed by atoms with Gasteiger partial charge in [-0.05, 0) is 41.5 Å². The van der Waals surface area contributed by atoms with E-state index in [0.717, 1.165) is 24.1 Å². The molecule has 1 amide bonds. The van der Waals surface area contributed by atoms with Crippen molar-refractivity contribution in [3.05, 3.63) is 68.6 Å². The van der Waals surface area contributed by atoms with Gasteiger partial charge < -0.3 is 10.3 Å². The van der Waals surface area contributed by atoms with Crippen LogP contribution in [0.2, 0.25) is 5.02 Å². The van der Waals surface area contributed by atoms with E-state index in [-0.39, 0.29) is 33.9 Å². The molecule has 4 nitrogen and oxygen atoms in total. The summed E-state index contributed by atoms with van der Waals surface area (Å²) in [5, 5.41) is 3.21. The van der Waals surface area contributed by atoms with E-state index >= 15 is 0 Å². The zero-order chi connectivity index (χ0) is 18.9. The maximum atomic E-state index is 12.0. The molecule has 0 saturated carbocycles. The fourth-order valence-electron chi connectivity index (χ4n) is 3.47. The van der Waals surface area contributed by atoms with Gasteiger partial charge in [0.1, 0.15) is 5.02 Å². The predicted molar refractivity (Wildman–Crippen MR) is 105 cm³/mol. The smallest absolute Gasteiger partial charge is 0.266 e. The van der Waals surface area contributed by atoms with Crippen molar-refractivity contribution in [2.24, 2.45) is 0 Å². The molecule has 1 aliphatic heterocycles. The summed E-state index contributed by atoms with van der Waals surface area (Å²) in [6.07, 6.45) is 2.14. The summed E-state index contributed by atoms with van der Waals surface area (Å²) in [5.41, 5.74) is 3.01.